The van der Waals surface area contributed by atoms with Crippen LogP contribution in [0, 0.1) is 13.8 Å². The van der Waals surface area contributed by atoms with Crippen molar-refractivity contribution in [2.45, 2.75) is 38.3 Å². The Balaban J connectivity index is 1.30. The average molecular weight is 558 g/mol. The highest BCUT2D eigenvalue weighted by Crippen LogP contribution is 2.33. The first-order chi connectivity index (χ1) is 18.8. The van der Waals surface area contributed by atoms with E-state index in [-0.39, 0.29) is 17.3 Å². The fourth-order valence-electron chi connectivity index (χ4n) is 5.01. The maximum Gasteiger partial charge on any atom is 0.260 e. The Hall–Kier alpha value is -3.79. The molecule has 2 aromatic heterocycles. The van der Waals surface area contributed by atoms with E-state index in [1.807, 2.05) is 44.2 Å². The van der Waals surface area contributed by atoms with E-state index in [0.717, 1.165) is 26.9 Å². The standard InChI is InChI=1S/C30H27N3O4S2/c1-20-16-21(2)28-27(17-20)38-30(31-28)33(19-25-8-5-15-37-25)29(34)23-9-11-26(12-10-23)39(35,36)32-14-13-22-6-3-4-7-24(22)18-32/h3-12,15-17H,13-14,18-19H2,1-2H3. The summed E-state index contributed by atoms with van der Waals surface area (Å²) in [5.41, 5.74) is 5.62. The monoisotopic (exact) mass is 557 g/mol. The summed E-state index contributed by atoms with van der Waals surface area (Å²) in [7, 11) is -3.70. The van der Waals surface area contributed by atoms with Crippen molar-refractivity contribution in [2.24, 2.45) is 0 Å². The third kappa shape index (κ3) is 4.89. The molecule has 5 aromatic rings. The molecule has 0 saturated carbocycles. The van der Waals surface area contributed by atoms with Gasteiger partial charge in [-0.15, -0.1) is 0 Å². The Morgan fingerprint density at radius 1 is 1.03 bits per heavy atom. The topological polar surface area (TPSA) is 83.7 Å². The number of fused-ring (bicyclic) bond motifs is 2. The summed E-state index contributed by atoms with van der Waals surface area (Å²) >= 11 is 1.45. The molecule has 0 fully saturated rings. The third-order valence-corrected chi connectivity index (χ3v) is 9.91. The smallest absolute Gasteiger partial charge is 0.260 e. The Morgan fingerprint density at radius 3 is 2.54 bits per heavy atom. The van der Waals surface area contributed by atoms with E-state index in [0.29, 0.717) is 36.0 Å². The zero-order valence-electron chi connectivity index (χ0n) is 21.6. The van der Waals surface area contributed by atoms with Crippen LogP contribution in [0.15, 0.2) is 88.4 Å². The predicted molar refractivity (Wildman–Crippen MR) is 152 cm³/mol. The molecule has 0 saturated heterocycles. The molecule has 3 aromatic carbocycles. The highest BCUT2D eigenvalue weighted by molar-refractivity contribution is 7.89. The van der Waals surface area contributed by atoms with E-state index >= 15 is 0 Å². The SMILES string of the molecule is Cc1cc(C)c2nc(N(Cc3ccco3)C(=O)c3ccc(S(=O)(=O)N4CCc5ccccc5C4)cc3)sc2c1. The number of hydrogen-bond acceptors (Lipinski definition) is 6. The molecule has 198 valence electrons. The highest BCUT2D eigenvalue weighted by Gasteiger charge is 2.29. The molecule has 0 N–H and O–H groups in total. The quantitative estimate of drug-likeness (QED) is 0.252. The van der Waals surface area contributed by atoms with Crippen molar-refractivity contribution < 1.29 is 17.6 Å². The zero-order chi connectivity index (χ0) is 27.1. The van der Waals surface area contributed by atoms with Gasteiger partial charge in [-0.1, -0.05) is 41.7 Å². The second-order valence-corrected chi connectivity index (χ2v) is 12.7. The maximum absolute atomic E-state index is 13.8. The summed E-state index contributed by atoms with van der Waals surface area (Å²) in [4.78, 5) is 20.3. The van der Waals surface area contributed by atoms with Crippen LogP contribution in [0.4, 0.5) is 5.13 Å². The van der Waals surface area contributed by atoms with Gasteiger partial charge in [-0.3, -0.25) is 9.69 Å². The molecular formula is C30H27N3O4S2. The summed E-state index contributed by atoms with van der Waals surface area (Å²) in [5.74, 6) is 0.343. The Bertz CT molecular complexity index is 1780. The van der Waals surface area contributed by atoms with Crippen molar-refractivity contribution in [3.8, 4) is 0 Å². The molecule has 0 bridgehead atoms. The van der Waals surface area contributed by atoms with Crippen LogP contribution < -0.4 is 4.90 Å². The number of amides is 1. The zero-order valence-corrected chi connectivity index (χ0v) is 23.3. The van der Waals surface area contributed by atoms with E-state index in [1.54, 1.807) is 29.4 Å². The molecule has 1 aliphatic rings. The minimum absolute atomic E-state index is 0.169. The largest absolute Gasteiger partial charge is 0.467 e. The number of hydrogen-bond donors (Lipinski definition) is 0. The summed E-state index contributed by atoms with van der Waals surface area (Å²) < 4.78 is 34.9. The lowest BCUT2D eigenvalue weighted by Gasteiger charge is -2.28. The first-order valence-corrected chi connectivity index (χ1v) is 14.9. The number of anilines is 1. The van der Waals surface area contributed by atoms with Gasteiger partial charge in [0.25, 0.3) is 5.91 Å². The lowest BCUT2D eigenvalue weighted by Crippen LogP contribution is -2.36. The molecule has 6 rings (SSSR count). The Morgan fingerprint density at radius 2 is 1.79 bits per heavy atom. The van der Waals surface area contributed by atoms with Gasteiger partial charge in [0.05, 0.1) is 27.9 Å². The van der Waals surface area contributed by atoms with Gasteiger partial charge in [-0.2, -0.15) is 4.31 Å². The fourth-order valence-corrected chi connectivity index (χ4v) is 7.57. The van der Waals surface area contributed by atoms with Gasteiger partial charge < -0.3 is 4.42 Å². The Labute approximate surface area is 231 Å². The second kappa shape index (κ2) is 10.1. The molecule has 7 nitrogen and oxygen atoms in total. The number of carbonyl (C=O) groups is 1. The third-order valence-electron chi connectivity index (χ3n) is 7.02. The minimum atomic E-state index is -3.70. The van der Waals surface area contributed by atoms with Crippen LogP contribution in [-0.4, -0.2) is 30.2 Å². The highest BCUT2D eigenvalue weighted by atomic mass is 32.2. The molecule has 0 atom stereocenters. The van der Waals surface area contributed by atoms with E-state index in [1.165, 1.54) is 33.3 Å². The summed E-state index contributed by atoms with van der Waals surface area (Å²) in [5, 5.41) is 0.559. The van der Waals surface area contributed by atoms with E-state index in [9.17, 15) is 13.2 Å². The van der Waals surface area contributed by atoms with Crippen LogP contribution in [0.5, 0.6) is 0 Å². The fraction of sp³-hybridized carbons (Fsp3) is 0.200. The van der Waals surface area contributed by atoms with Crippen LogP contribution in [0.25, 0.3) is 10.2 Å². The summed E-state index contributed by atoms with van der Waals surface area (Å²) in [6, 6.07) is 21.8. The number of carbonyl (C=O) groups excluding carboxylic acids is 1. The number of benzene rings is 3. The number of aryl methyl sites for hydroxylation is 2. The number of aromatic nitrogens is 1. The number of sulfonamides is 1. The van der Waals surface area contributed by atoms with Gasteiger partial charge >= 0.3 is 0 Å². The second-order valence-electron chi connectivity index (χ2n) is 9.78. The molecule has 0 radical (unpaired) electrons. The summed E-state index contributed by atoms with van der Waals surface area (Å²) in [6.45, 7) is 5.02. The van der Waals surface area contributed by atoms with Crippen molar-refractivity contribution in [1.29, 1.82) is 0 Å². The Kier molecular flexibility index (Phi) is 6.58. The lowest BCUT2D eigenvalue weighted by molar-refractivity contribution is 0.0983. The normalized spacial score (nSPS) is 13.9. The minimum Gasteiger partial charge on any atom is -0.467 e. The molecule has 0 aliphatic carbocycles. The van der Waals surface area contributed by atoms with Crippen LogP contribution >= 0.6 is 11.3 Å². The predicted octanol–water partition coefficient (Wildman–Crippen LogP) is 6.10. The van der Waals surface area contributed by atoms with E-state index in [4.69, 9.17) is 9.40 Å². The maximum atomic E-state index is 13.8. The molecule has 0 unspecified atom stereocenters. The van der Waals surface area contributed by atoms with Crippen LogP contribution in [0.1, 0.15) is 38.4 Å². The number of thiazole rings is 1. The van der Waals surface area contributed by atoms with Crippen molar-refractivity contribution >= 4 is 42.6 Å². The van der Waals surface area contributed by atoms with Crippen LogP contribution in [-0.2, 0) is 29.5 Å². The summed E-state index contributed by atoms with van der Waals surface area (Å²) in [6.07, 6.45) is 2.25. The molecule has 1 amide bonds. The van der Waals surface area contributed by atoms with Crippen LogP contribution in [0.3, 0.4) is 0 Å². The number of rotatable bonds is 6. The number of furan rings is 1. The van der Waals surface area contributed by atoms with Crippen molar-refractivity contribution in [1.82, 2.24) is 9.29 Å². The van der Waals surface area contributed by atoms with Crippen molar-refractivity contribution in [3.05, 3.63) is 113 Å². The van der Waals surface area contributed by atoms with Gasteiger partial charge in [0, 0.05) is 18.7 Å². The molecule has 9 heteroatoms. The molecular weight excluding hydrogens is 530 g/mol. The van der Waals surface area contributed by atoms with Gasteiger partial charge in [-0.25, -0.2) is 13.4 Å². The van der Waals surface area contributed by atoms with Gasteiger partial charge in [0.2, 0.25) is 10.0 Å². The molecule has 0 spiro atoms. The van der Waals surface area contributed by atoms with Gasteiger partial charge in [0.15, 0.2) is 5.13 Å². The first-order valence-electron chi connectivity index (χ1n) is 12.7. The average Bonchev–Trinajstić information content (AvgIpc) is 3.61. The van der Waals surface area contributed by atoms with Gasteiger partial charge in [-0.05, 0) is 85.0 Å². The van der Waals surface area contributed by atoms with E-state index in [2.05, 4.69) is 12.1 Å². The molecule has 3 heterocycles. The first kappa shape index (κ1) is 25.5. The lowest BCUT2D eigenvalue weighted by atomic mass is 10.0. The number of nitrogens with zero attached hydrogens (tertiary/aromatic N) is 3. The molecule has 1 aliphatic heterocycles. The van der Waals surface area contributed by atoms with Gasteiger partial charge in [0.1, 0.15) is 5.76 Å². The van der Waals surface area contributed by atoms with Crippen molar-refractivity contribution in [3.63, 3.8) is 0 Å². The van der Waals surface area contributed by atoms with E-state index < -0.39 is 10.0 Å². The molecule has 39 heavy (non-hydrogen) atoms. The van der Waals surface area contributed by atoms with Crippen LogP contribution in [0.2, 0.25) is 0 Å². The van der Waals surface area contributed by atoms with Crippen molar-refractivity contribution in [2.75, 3.05) is 11.4 Å².